The Hall–Kier alpha value is -5.90. The number of nitrogens with two attached hydrogens (primary N) is 2. The Morgan fingerprint density at radius 2 is 0.916 bits per heavy atom. The molecular weight excluding hydrogens is 1080 g/mol. The first-order valence-corrected chi connectivity index (χ1v) is 27.0. The predicted octanol–water partition coefficient (Wildman–Crippen LogP) is 10.1. The fourth-order valence-electron chi connectivity index (χ4n) is 10.2. The molecule has 83 heavy (non-hydrogen) atoms. The summed E-state index contributed by atoms with van der Waals surface area (Å²) in [5, 5.41) is 3.08. The van der Waals surface area contributed by atoms with Crippen molar-refractivity contribution < 1.29 is 99.7 Å². The third-order valence-electron chi connectivity index (χ3n) is 15.3. The molecule has 6 N–H and O–H groups in total. The van der Waals surface area contributed by atoms with E-state index in [1.165, 1.54) is 0 Å². The van der Waals surface area contributed by atoms with Crippen LogP contribution in [0.1, 0.15) is 170 Å². The number of pyridine rings is 3. The smallest absolute Gasteiger partial charge is 0.870 e. The summed E-state index contributed by atoms with van der Waals surface area (Å²) in [5.41, 5.74) is 30.5. The Bertz CT molecular complexity index is 3170. The molecule has 0 aliphatic heterocycles. The Kier molecular flexibility index (Phi) is 25.6. The van der Waals surface area contributed by atoms with Crippen molar-refractivity contribution in [2.24, 2.45) is 0 Å². The van der Waals surface area contributed by atoms with Crippen molar-refractivity contribution >= 4 is 35.0 Å². The van der Waals surface area contributed by atoms with Gasteiger partial charge in [0.1, 0.15) is 11.4 Å². The van der Waals surface area contributed by atoms with E-state index in [0.29, 0.717) is 40.5 Å². The van der Waals surface area contributed by atoms with E-state index in [2.05, 4.69) is 38.5 Å². The van der Waals surface area contributed by atoms with Crippen molar-refractivity contribution in [3.8, 4) is 22.3 Å². The van der Waals surface area contributed by atoms with Crippen LogP contribution in [0.5, 0.6) is 0 Å². The SMILES string of the molecule is C.COC(OC)c1cnc(C(=O)Cc2cccc(-c3cccc(NC(=O)c4cc(C5CC5)c(C(OC)OC)cn4)c3C)c2C)cc1C1CC1.COC(OC)c1cnc([C-]=O)cc1C1CC1.Cc1c(N)cccc1-c1cccc(N)c1C.[K+].[OH-]. The number of ketones is 1. The van der Waals surface area contributed by atoms with Crippen molar-refractivity contribution in [1.82, 2.24) is 15.0 Å². The number of hydrogen-bond donors (Lipinski definition) is 3. The van der Waals surface area contributed by atoms with Crippen molar-refractivity contribution in [2.45, 2.75) is 117 Å². The molecule has 3 aliphatic carbocycles. The number of nitrogens with one attached hydrogen (secondary N) is 1. The van der Waals surface area contributed by atoms with Gasteiger partial charge < -0.3 is 55.5 Å². The molecule has 434 valence electrons. The van der Waals surface area contributed by atoms with E-state index in [9.17, 15) is 14.4 Å². The van der Waals surface area contributed by atoms with Crippen molar-refractivity contribution in [2.75, 3.05) is 59.4 Å². The maximum Gasteiger partial charge on any atom is 1.00 e. The fraction of sp³-hybridized carbons (Fsp3) is 0.364. The van der Waals surface area contributed by atoms with Gasteiger partial charge in [-0.1, -0.05) is 67.7 Å². The first-order valence-electron chi connectivity index (χ1n) is 27.0. The van der Waals surface area contributed by atoms with Crippen LogP contribution in [0.4, 0.5) is 17.1 Å². The summed E-state index contributed by atoms with van der Waals surface area (Å²) in [6.45, 7) is 8.10. The van der Waals surface area contributed by atoms with Crippen molar-refractivity contribution in [1.29, 1.82) is 0 Å². The fourth-order valence-corrected chi connectivity index (χ4v) is 10.2. The van der Waals surface area contributed by atoms with Gasteiger partial charge in [-0.3, -0.25) is 24.5 Å². The number of aromatic nitrogens is 3. The number of rotatable bonds is 20. The average molecular weight is 1150 g/mol. The van der Waals surface area contributed by atoms with Crippen molar-refractivity contribution in [3.05, 3.63) is 188 Å². The molecule has 0 spiro atoms. The number of amides is 1. The molecule has 0 radical (unpaired) electrons. The third-order valence-corrected chi connectivity index (χ3v) is 15.3. The van der Waals surface area contributed by atoms with Gasteiger partial charge in [-0.05, 0) is 176 Å². The van der Waals surface area contributed by atoms with E-state index in [-0.39, 0.29) is 82.4 Å². The molecule has 0 bridgehead atoms. The van der Waals surface area contributed by atoms with Gasteiger partial charge in [0.05, 0.1) is 0 Å². The van der Waals surface area contributed by atoms with Gasteiger partial charge in [0.25, 0.3) is 5.91 Å². The number of hydrogen-bond acceptors (Lipinski definition) is 15. The van der Waals surface area contributed by atoms with E-state index in [0.717, 1.165) is 133 Å². The summed E-state index contributed by atoms with van der Waals surface area (Å²) in [5.74, 6) is 0.968. The normalized spacial score (nSPS) is 13.4. The van der Waals surface area contributed by atoms with Crippen LogP contribution in [-0.4, -0.2) is 81.1 Å². The quantitative estimate of drug-likeness (QED) is 0.0212. The van der Waals surface area contributed by atoms with Gasteiger partial charge in [0.15, 0.2) is 24.7 Å². The second-order valence-corrected chi connectivity index (χ2v) is 20.6. The van der Waals surface area contributed by atoms with Gasteiger partial charge in [-0.25, -0.2) is 0 Å². The molecule has 3 heterocycles. The van der Waals surface area contributed by atoms with Crippen LogP contribution in [0, 0.1) is 27.7 Å². The first kappa shape index (κ1) is 67.9. The number of Topliss-reactive ketones (excluding diaryl/α,β-unsaturated/α-hetero) is 1. The Morgan fingerprint density at radius 3 is 1.35 bits per heavy atom. The minimum atomic E-state index is -0.528. The van der Waals surface area contributed by atoms with Crippen LogP contribution in [-0.2, 0) is 39.6 Å². The average Bonchev–Trinajstić information content (AvgIpc) is 4.47. The van der Waals surface area contributed by atoms with Crippen LogP contribution in [0.25, 0.3) is 22.3 Å². The zero-order valence-electron chi connectivity index (χ0n) is 48.9. The zero-order chi connectivity index (χ0) is 57.2. The first-order chi connectivity index (χ1) is 38.7. The number of carbonyl (C=O) groups is 2. The number of anilines is 3. The number of benzene rings is 4. The summed E-state index contributed by atoms with van der Waals surface area (Å²) in [7, 11) is 9.57. The van der Waals surface area contributed by atoms with Crippen LogP contribution < -0.4 is 68.2 Å². The summed E-state index contributed by atoms with van der Waals surface area (Å²) < 4.78 is 32.4. The second-order valence-electron chi connectivity index (χ2n) is 20.6. The zero-order valence-corrected chi connectivity index (χ0v) is 52.0. The van der Waals surface area contributed by atoms with E-state index >= 15 is 0 Å². The van der Waals surface area contributed by atoms with E-state index in [4.69, 9.17) is 39.9 Å². The number of methoxy groups -OCH3 is 6. The molecule has 3 saturated carbocycles. The molecule has 0 saturated heterocycles. The molecule has 10 rings (SSSR count). The molecule has 16 nitrogen and oxygen atoms in total. The molecule has 0 unspecified atom stereocenters. The van der Waals surface area contributed by atoms with Crippen molar-refractivity contribution in [3.63, 3.8) is 0 Å². The van der Waals surface area contributed by atoms with Gasteiger partial charge in [-0.2, -0.15) is 6.07 Å². The Labute approximate surface area is 531 Å². The minimum Gasteiger partial charge on any atom is -0.870 e. The molecule has 3 aliphatic rings. The summed E-state index contributed by atoms with van der Waals surface area (Å²) in [6, 6.07) is 29.4. The predicted molar refractivity (Wildman–Crippen MR) is 320 cm³/mol. The van der Waals surface area contributed by atoms with Gasteiger partial charge >= 0.3 is 51.4 Å². The summed E-state index contributed by atoms with van der Waals surface area (Å²) in [6.07, 6.45) is 12.2. The van der Waals surface area contributed by atoms with Crippen LogP contribution in [0.15, 0.2) is 110 Å². The largest absolute Gasteiger partial charge is 1.00 e. The molecule has 1 amide bonds. The maximum absolute atomic E-state index is 13.6. The molecule has 17 heteroatoms. The van der Waals surface area contributed by atoms with Gasteiger partial charge in [0.2, 0.25) is 0 Å². The number of nitrogen functional groups attached to an aromatic ring is 2. The second kappa shape index (κ2) is 31.3. The number of carbonyl (C=O) groups excluding carboxylic acids is 3. The number of nitrogens with zero attached hydrogens (tertiary/aromatic N) is 3. The van der Waals surface area contributed by atoms with Gasteiger partial charge in [-0.15, -0.1) is 5.56 Å². The summed E-state index contributed by atoms with van der Waals surface area (Å²) >= 11 is 0. The topological polar surface area (TPSA) is 239 Å². The molecule has 0 atom stereocenters. The minimum absolute atomic E-state index is 0. The molecule has 3 fully saturated rings. The molecule has 4 aromatic carbocycles. The van der Waals surface area contributed by atoms with E-state index in [1.54, 1.807) is 67.3 Å². The summed E-state index contributed by atoms with van der Waals surface area (Å²) in [4.78, 5) is 50.6. The van der Waals surface area contributed by atoms with Crippen LogP contribution in [0.3, 0.4) is 0 Å². The molecular formula is C66H78KN6O10-. The monoisotopic (exact) mass is 1150 g/mol. The molecule has 3 aromatic heterocycles. The number of ether oxygens (including phenoxy) is 6. The standard InChI is InChI=1S/C39H43N3O6.C14H16N2.C12H14NO3.CH4.K.H2O/c1-22-26(17-36(43)34-18-29(24-13-14-24)31(20-40-34)38(45-3)46-4)9-7-10-27(22)28-11-8-12-33(23(28)2)42-37(44)35-19-30(25-15-16-25)32(21-41-35)39(47-5)48-6;1-9-11(5-3-7-13(9)15)12-6-4-8-14(16)10(12)2;1-15-12(16-2)11-6-13-9(7-14)5-10(11)8-3-4-8;;;/h7-12,18-21,24-25,38-39H,13-17H2,1-6H3,(H,42,44);3-8H,15-16H2,1-2H3;5-6,8,12H,3-4H2,1-2H3;1H4;;1H2/q;;-1;;+1;/p-1. The Morgan fingerprint density at radius 1 is 0.542 bits per heavy atom. The van der Waals surface area contributed by atoms with E-state index in [1.807, 2.05) is 101 Å². The van der Waals surface area contributed by atoms with E-state index < -0.39 is 18.9 Å². The van der Waals surface area contributed by atoms with Gasteiger partial charge in [0, 0.05) is 108 Å². The van der Waals surface area contributed by atoms with Crippen LogP contribution in [0.2, 0.25) is 0 Å². The van der Waals surface area contributed by atoms with Crippen LogP contribution >= 0.6 is 0 Å². The molecule has 7 aromatic rings. The maximum atomic E-state index is 13.6. The third kappa shape index (κ3) is 16.3. The Balaban J connectivity index is 0.000000293.